The first-order valence-electron chi connectivity index (χ1n) is 8.31. The molecule has 1 heterocycles. The van der Waals surface area contributed by atoms with Gasteiger partial charge in [-0.15, -0.1) is 12.4 Å². The van der Waals surface area contributed by atoms with Crippen molar-refractivity contribution in [3.8, 4) is 0 Å². The van der Waals surface area contributed by atoms with Gasteiger partial charge in [0.05, 0.1) is 0 Å². The number of amides is 1. The molecule has 1 fully saturated rings. The van der Waals surface area contributed by atoms with Gasteiger partial charge in [0.15, 0.2) is 0 Å². The zero-order valence-electron chi connectivity index (χ0n) is 14.5. The smallest absolute Gasteiger partial charge is 0.354 e. The minimum absolute atomic E-state index is 0. The van der Waals surface area contributed by atoms with Crippen LogP contribution in [-0.4, -0.2) is 55.7 Å². The maximum atomic E-state index is 13.3. The van der Waals surface area contributed by atoms with Crippen molar-refractivity contribution < 1.29 is 22.4 Å². The summed E-state index contributed by atoms with van der Waals surface area (Å²) in [6, 6.07) is 4.07. The minimum atomic E-state index is -4.40. The average molecular weight is 398 g/mol. The minimum Gasteiger partial charge on any atom is -0.354 e. The summed E-state index contributed by atoms with van der Waals surface area (Å²) in [5.74, 6) is -1.02. The number of alkyl halides is 3. The summed E-state index contributed by atoms with van der Waals surface area (Å²) >= 11 is 0. The second-order valence-corrected chi connectivity index (χ2v) is 6.30. The summed E-state index contributed by atoms with van der Waals surface area (Å²) in [7, 11) is 0. The number of nitrogens with zero attached hydrogens (tertiary/aromatic N) is 1. The van der Waals surface area contributed by atoms with Crippen LogP contribution in [0.2, 0.25) is 0 Å². The monoisotopic (exact) mass is 397 g/mol. The van der Waals surface area contributed by atoms with Crippen LogP contribution in [0.4, 0.5) is 17.6 Å². The highest BCUT2D eigenvalue weighted by molar-refractivity contribution is 5.85. The zero-order valence-corrected chi connectivity index (χ0v) is 15.3. The Morgan fingerprint density at radius 1 is 1.23 bits per heavy atom. The van der Waals surface area contributed by atoms with Crippen LogP contribution in [0.3, 0.4) is 0 Å². The largest absolute Gasteiger partial charge is 0.405 e. The number of hydrogen-bond donors (Lipinski definition) is 2. The number of piperazine rings is 1. The summed E-state index contributed by atoms with van der Waals surface area (Å²) in [6.45, 7) is 2.92. The molecule has 2 atom stereocenters. The molecule has 148 valence electrons. The molecule has 0 aromatic heterocycles. The van der Waals surface area contributed by atoms with Crippen LogP contribution in [0.25, 0.3) is 0 Å². The molecule has 9 heteroatoms. The molecule has 26 heavy (non-hydrogen) atoms. The molecule has 1 amide bonds. The van der Waals surface area contributed by atoms with Crippen molar-refractivity contribution in [2.24, 2.45) is 0 Å². The highest BCUT2D eigenvalue weighted by Gasteiger charge is 2.43. The third-order valence-corrected chi connectivity index (χ3v) is 4.39. The van der Waals surface area contributed by atoms with Gasteiger partial charge in [-0.2, -0.15) is 13.2 Å². The maximum Gasteiger partial charge on any atom is 0.405 e. The van der Waals surface area contributed by atoms with Crippen molar-refractivity contribution in [3.05, 3.63) is 35.6 Å². The fourth-order valence-corrected chi connectivity index (χ4v) is 2.92. The number of rotatable bonds is 6. The van der Waals surface area contributed by atoms with Crippen LogP contribution in [-0.2, 0) is 4.79 Å². The lowest BCUT2D eigenvalue weighted by molar-refractivity contribution is -0.184. The van der Waals surface area contributed by atoms with Crippen molar-refractivity contribution >= 4 is 18.3 Å². The SMILES string of the molecule is CC(CC(=O)NCC(N1CCNCC1)C(F)(F)F)c1ccc(F)cc1.Cl. The Morgan fingerprint density at radius 3 is 2.35 bits per heavy atom. The van der Waals surface area contributed by atoms with Crippen LogP contribution in [0.1, 0.15) is 24.8 Å². The Balaban J connectivity index is 0.00000338. The highest BCUT2D eigenvalue weighted by Crippen LogP contribution is 2.25. The fraction of sp³-hybridized carbons (Fsp3) is 0.588. The molecule has 1 aliphatic rings. The van der Waals surface area contributed by atoms with E-state index in [1.54, 1.807) is 19.1 Å². The molecular weight excluding hydrogens is 374 g/mol. The number of halogens is 5. The van der Waals surface area contributed by atoms with Gasteiger partial charge in [0.1, 0.15) is 11.9 Å². The summed E-state index contributed by atoms with van der Waals surface area (Å²) < 4.78 is 52.7. The Kier molecular flexibility index (Phi) is 8.79. The lowest BCUT2D eigenvalue weighted by Crippen LogP contribution is -2.57. The van der Waals surface area contributed by atoms with Crippen LogP contribution in [0.15, 0.2) is 24.3 Å². The standard InChI is InChI=1S/C17H23F4N3O.ClH/c1-12(13-2-4-14(18)5-3-13)10-16(25)23-11-15(17(19,20)21)24-8-6-22-7-9-24;/h2-5,12,15,22H,6-11H2,1H3,(H,23,25);1H. The maximum absolute atomic E-state index is 13.3. The van der Waals surface area contributed by atoms with Gasteiger partial charge in [-0.1, -0.05) is 19.1 Å². The molecule has 2 rings (SSSR count). The van der Waals surface area contributed by atoms with Crippen LogP contribution in [0, 0.1) is 5.82 Å². The Bertz CT molecular complexity index is 562. The van der Waals surface area contributed by atoms with Gasteiger partial charge in [-0.25, -0.2) is 4.39 Å². The topological polar surface area (TPSA) is 44.4 Å². The Hall–Kier alpha value is -1.38. The Morgan fingerprint density at radius 2 is 1.81 bits per heavy atom. The molecule has 1 aromatic carbocycles. The summed E-state index contributed by atoms with van der Waals surface area (Å²) in [6.07, 6.45) is -4.34. The van der Waals surface area contributed by atoms with E-state index in [0.717, 1.165) is 5.56 Å². The normalized spacial score (nSPS) is 17.9. The van der Waals surface area contributed by atoms with Gasteiger partial charge in [-0.3, -0.25) is 9.69 Å². The van der Waals surface area contributed by atoms with E-state index in [-0.39, 0.29) is 30.6 Å². The molecule has 2 N–H and O–H groups in total. The van der Waals surface area contributed by atoms with Crippen LogP contribution >= 0.6 is 12.4 Å². The fourth-order valence-electron chi connectivity index (χ4n) is 2.92. The van der Waals surface area contributed by atoms with Crippen molar-refractivity contribution in [1.82, 2.24) is 15.5 Å². The van der Waals surface area contributed by atoms with Gasteiger partial charge in [0.2, 0.25) is 5.91 Å². The first-order chi connectivity index (χ1) is 11.8. The second-order valence-electron chi connectivity index (χ2n) is 6.30. The molecule has 0 radical (unpaired) electrons. The van der Waals surface area contributed by atoms with Gasteiger partial charge in [0, 0.05) is 39.1 Å². The van der Waals surface area contributed by atoms with E-state index in [1.165, 1.54) is 17.0 Å². The summed E-state index contributed by atoms with van der Waals surface area (Å²) in [5, 5.41) is 5.41. The van der Waals surface area contributed by atoms with Gasteiger partial charge in [0.25, 0.3) is 0 Å². The summed E-state index contributed by atoms with van der Waals surface area (Å²) in [5.41, 5.74) is 0.769. The van der Waals surface area contributed by atoms with Crippen molar-refractivity contribution in [1.29, 1.82) is 0 Å². The first kappa shape index (κ1) is 22.7. The van der Waals surface area contributed by atoms with E-state index in [4.69, 9.17) is 0 Å². The van der Waals surface area contributed by atoms with E-state index in [0.29, 0.717) is 26.2 Å². The van der Waals surface area contributed by atoms with Gasteiger partial charge < -0.3 is 10.6 Å². The third kappa shape index (κ3) is 6.74. The lowest BCUT2D eigenvalue weighted by atomic mass is 9.97. The highest BCUT2D eigenvalue weighted by atomic mass is 35.5. The van der Waals surface area contributed by atoms with Crippen molar-refractivity contribution in [2.75, 3.05) is 32.7 Å². The second kappa shape index (κ2) is 10.1. The number of carbonyl (C=O) groups is 1. The van der Waals surface area contributed by atoms with Crippen LogP contribution < -0.4 is 10.6 Å². The molecule has 0 bridgehead atoms. The molecule has 0 spiro atoms. The number of nitrogens with one attached hydrogen (secondary N) is 2. The quantitative estimate of drug-likeness (QED) is 0.725. The number of hydrogen-bond acceptors (Lipinski definition) is 3. The molecule has 1 saturated heterocycles. The van der Waals surface area contributed by atoms with E-state index in [2.05, 4.69) is 10.6 Å². The molecule has 0 aliphatic carbocycles. The Labute approximate surface area is 156 Å². The van der Waals surface area contributed by atoms with E-state index >= 15 is 0 Å². The van der Waals surface area contributed by atoms with Gasteiger partial charge in [-0.05, 0) is 23.6 Å². The van der Waals surface area contributed by atoms with Crippen molar-refractivity contribution in [2.45, 2.75) is 31.5 Å². The number of carbonyl (C=O) groups excluding carboxylic acids is 1. The zero-order chi connectivity index (χ0) is 18.4. The predicted molar refractivity (Wildman–Crippen MR) is 94.0 cm³/mol. The van der Waals surface area contributed by atoms with Gasteiger partial charge >= 0.3 is 6.18 Å². The lowest BCUT2D eigenvalue weighted by Gasteiger charge is -2.36. The summed E-state index contributed by atoms with van der Waals surface area (Å²) in [4.78, 5) is 13.4. The first-order valence-corrected chi connectivity index (χ1v) is 8.31. The molecule has 2 unspecified atom stereocenters. The molecule has 0 saturated carbocycles. The van der Waals surface area contributed by atoms with Crippen molar-refractivity contribution in [3.63, 3.8) is 0 Å². The molecule has 1 aromatic rings. The van der Waals surface area contributed by atoms with E-state index in [1.807, 2.05) is 0 Å². The number of benzene rings is 1. The molecule has 1 aliphatic heterocycles. The van der Waals surface area contributed by atoms with E-state index in [9.17, 15) is 22.4 Å². The third-order valence-electron chi connectivity index (χ3n) is 4.39. The predicted octanol–water partition coefficient (Wildman–Crippen LogP) is 2.69. The van der Waals surface area contributed by atoms with E-state index < -0.39 is 24.7 Å². The molecular formula is C17H24ClF4N3O. The molecule has 4 nitrogen and oxygen atoms in total. The average Bonchev–Trinajstić information content (AvgIpc) is 2.55. The van der Waals surface area contributed by atoms with Crippen LogP contribution in [0.5, 0.6) is 0 Å².